The number of amidine groups is 1. The number of piperazine rings is 1. The summed E-state index contributed by atoms with van der Waals surface area (Å²) in [6, 6.07) is 7.83. The van der Waals surface area contributed by atoms with E-state index in [-0.39, 0.29) is 11.9 Å². The van der Waals surface area contributed by atoms with Gasteiger partial charge in [0.25, 0.3) is 0 Å². The van der Waals surface area contributed by atoms with Crippen LogP contribution in [0.5, 0.6) is 0 Å². The van der Waals surface area contributed by atoms with E-state index in [1.165, 1.54) is 0 Å². The largest absolute Gasteiger partial charge is 0.312 e. The number of halogens is 1. The molecule has 0 spiro atoms. The molecule has 4 nitrogen and oxygen atoms in total. The van der Waals surface area contributed by atoms with Gasteiger partial charge in [-0.2, -0.15) is 0 Å². The number of carbonyl (C=O) groups excluding carboxylic acids is 1. The molecule has 1 saturated heterocycles. The highest BCUT2D eigenvalue weighted by molar-refractivity contribution is 6.31. The van der Waals surface area contributed by atoms with Crippen LogP contribution < -0.4 is 4.90 Å². The molecule has 2 rings (SSSR count). The second kappa shape index (κ2) is 8.54. The Labute approximate surface area is 161 Å². The maximum Gasteiger partial charge on any atom is 0.249 e. The van der Waals surface area contributed by atoms with Crippen LogP contribution >= 0.6 is 11.6 Å². The van der Waals surface area contributed by atoms with Crippen LogP contribution in [-0.4, -0.2) is 29.7 Å². The summed E-state index contributed by atoms with van der Waals surface area (Å²) in [5.74, 6) is 0.776. The molecular formula is C21H28ClN3O. The van der Waals surface area contributed by atoms with Crippen LogP contribution in [0.1, 0.15) is 46.1 Å². The van der Waals surface area contributed by atoms with E-state index >= 15 is 0 Å². The van der Waals surface area contributed by atoms with Crippen LogP contribution in [0.2, 0.25) is 0 Å². The molecular weight excluding hydrogens is 346 g/mol. The minimum Gasteiger partial charge on any atom is -0.312 e. The minimum atomic E-state index is -0.310. The minimum absolute atomic E-state index is 0.0633. The number of aliphatic imine (C=N–C) groups is 1. The topological polar surface area (TPSA) is 35.9 Å². The van der Waals surface area contributed by atoms with Crippen LogP contribution in [0.15, 0.2) is 51.8 Å². The third-order valence-electron chi connectivity index (χ3n) is 4.77. The maximum absolute atomic E-state index is 13.0. The van der Waals surface area contributed by atoms with Gasteiger partial charge >= 0.3 is 0 Å². The fourth-order valence-corrected chi connectivity index (χ4v) is 3.29. The van der Waals surface area contributed by atoms with E-state index in [9.17, 15) is 4.79 Å². The first-order chi connectivity index (χ1) is 12.3. The zero-order chi connectivity index (χ0) is 19.4. The summed E-state index contributed by atoms with van der Waals surface area (Å²) in [7, 11) is 1.80. The molecule has 1 aliphatic rings. The number of aryl methyl sites for hydroxylation is 1. The van der Waals surface area contributed by atoms with Crippen molar-refractivity contribution in [3.8, 4) is 0 Å². The molecule has 1 aromatic carbocycles. The normalized spacial score (nSPS) is 22.3. The van der Waals surface area contributed by atoms with Gasteiger partial charge in [-0.1, -0.05) is 43.7 Å². The van der Waals surface area contributed by atoms with E-state index in [1.807, 2.05) is 56.9 Å². The molecule has 0 aromatic heterocycles. The van der Waals surface area contributed by atoms with Crippen LogP contribution in [0.3, 0.4) is 0 Å². The molecule has 0 radical (unpaired) electrons. The van der Waals surface area contributed by atoms with E-state index in [4.69, 9.17) is 16.6 Å². The SMILES string of the molecule is CC=C1C(=NC(Cl)=C(C)CC)N(c2cccc(C)c2)C(CC)C(=O)N1C. The Bertz CT molecular complexity index is 779. The molecule has 1 fully saturated rings. The van der Waals surface area contributed by atoms with Gasteiger partial charge in [0.2, 0.25) is 5.91 Å². The van der Waals surface area contributed by atoms with Gasteiger partial charge in [-0.3, -0.25) is 4.79 Å². The van der Waals surface area contributed by atoms with E-state index in [0.29, 0.717) is 17.4 Å². The summed E-state index contributed by atoms with van der Waals surface area (Å²) in [6.45, 7) is 10.0. The highest BCUT2D eigenvalue weighted by atomic mass is 35.5. The van der Waals surface area contributed by atoms with Gasteiger partial charge < -0.3 is 9.80 Å². The fraction of sp³-hybridized carbons (Fsp3) is 0.429. The Hall–Kier alpha value is -2.07. The van der Waals surface area contributed by atoms with E-state index in [0.717, 1.165) is 28.9 Å². The van der Waals surface area contributed by atoms with Crippen LogP contribution in [0.4, 0.5) is 5.69 Å². The highest BCUT2D eigenvalue weighted by Gasteiger charge is 2.39. The quantitative estimate of drug-likeness (QED) is 0.677. The van der Waals surface area contributed by atoms with Crippen LogP contribution in [-0.2, 0) is 4.79 Å². The summed E-state index contributed by atoms with van der Waals surface area (Å²) in [5, 5.41) is 0.483. The average Bonchev–Trinajstić information content (AvgIpc) is 2.63. The van der Waals surface area contributed by atoms with Gasteiger partial charge in [0, 0.05) is 12.7 Å². The van der Waals surface area contributed by atoms with Crippen molar-refractivity contribution < 1.29 is 4.79 Å². The molecule has 0 saturated carbocycles. The highest BCUT2D eigenvalue weighted by Crippen LogP contribution is 2.31. The van der Waals surface area contributed by atoms with Gasteiger partial charge in [0.05, 0.1) is 5.70 Å². The lowest BCUT2D eigenvalue weighted by atomic mass is 10.0. The molecule has 1 unspecified atom stereocenters. The number of hydrogen-bond acceptors (Lipinski definition) is 2. The fourth-order valence-electron chi connectivity index (χ4n) is 3.08. The summed E-state index contributed by atoms with van der Waals surface area (Å²) in [6.07, 6.45) is 3.43. The lowest BCUT2D eigenvalue weighted by Gasteiger charge is -2.42. The van der Waals surface area contributed by atoms with Gasteiger partial charge in [-0.05, 0) is 56.9 Å². The standard InChI is InChI=1S/C21H28ClN3O/c1-7-15(5)19(22)23-20-17(8-2)24(6)21(26)18(9-3)25(20)16-12-10-11-14(4)13-16/h8,10-13,18H,7,9H2,1-6H3. The lowest BCUT2D eigenvalue weighted by molar-refractivity contribution is -0.129. The average molecular weight is 374 g/mol. The van der Waals surface area contributed by atoms with Gasteiger partial charge in [-0.15, -0.1) is 0 Å². The molecule has 0 aliphatic carbocycles. The number of nitrogens with zero attached hydrogens (tertiary/aromatic N) is 3. The lowest BCUT2D eigenvalue weighted by Crippen LogP contribution is -2.57. The van der Waals surface area contributed by atoms with Crippen LogP contribution in [0.25, 0.3) is 0 Å². The summed E-state index contributed by atoms with van der Waals surface area (Å²) >= 11 is 6.48. The molecule has 1 amide bonds. The third-order valence-corrected chi connectivity index (χ3v) is 5.18. The summed E-state index contributed by atoms with van der Waals surface area (Å²) in [5.41, 5.74) is 3.88. The Morgan fingerprint density at radius 3 is 2.58 bits per heavy atom. The zero-order valence-corrected chi connectivity index (χ0v) is 17.3. The molecule has 0 bridgehead atoms. The molecule has 1 aromatic rings. The molecule has 1 atom stereocenters. The molecule has 26 heavy (non-hydrogen) atoms. The van der Waals surface area contributed by atoms with Gasteiger partial charge in [0.15, 0.2) is 5.84 Å². The van der Waals surface area contributed by atoms with Crippen molar-refractivity contribution in [3.05, 3.63) is 52.3 Å². The Kier molecular flexibility index (Phi) is 6.65. The number of anilines is 1. The number of carbonyl (C=O) groups is 1. The summed E-state index contributed by atoms with van der Waals surface area (Å²) < 4.78 is 0. The number of likely N-dealkylation sites (N-methyl/N-ethyl adjacent to an activating group) is 1. The number of hydrogen-bond donors (Lipinski definition) is 0. The molecule has 0 N–H and O–H groups in total. The second-order valence-electron chi connectivity index (χ2n) is 6.56. The Morgan fingerprint density at radius 2 is 2.04 bits per heavy atom. The monoisotopic (exact) mass is 373 g/mol. The van der Waals surface area contributed by atoms with E-state index < -0.39 is 0 Å². The molecule has 1 aliphatic heterocycles. The smallest absolute Gasteiger partial charge is 0.249 e. The van der Waals surface area contributed by atoms with Crippen molar-refractivity contribution in [2.45, 2.75) is 53.5 Å². The second-order valence-corrected chi connectivity index (χ2v) is 6.92. The van der Waals surface area contributed by atoms with Crippen molar-refractivity contribution in [1.29, 1.82) is 0 Å². The third kappa shape index (κ3) is 3.85. The predicted octanol–water partition coefficient (Wildman–Crippen LogP) is 5.23. The number of benzene rings is 1. The Morgan fingerprint density at radius 1 is 1.35 bits per heavy atom. The first kappa shape index (κ1) is 20.2. The number of allylic oxidation sites excluding steroid dienone is 2. The van der Waals surface area contributed by atoms with Gasteiger partial charge in [-0.25, -0.2) is 4.99 Å². The summed E-state index contributed by atoms with van der Waals surface area (Å²) in [4.78, 5) is 21.4. The van der Waals surface area contributed by atoms with E-state index in [1.54, 1.807) is 11.9 Å². The maximum atomic E-state index is 13.0. The first-order valence-corrected chi connectivity index (χ1v) is 9.47. The van der Waals surface area contributed by atoms with Crippen molar-refractivity contribution in [2.75, 3.05) is 11.9 Å². The van der Waals surface area contributed by atoms with Gasteiger partial charge in [0.1, 0.15) is 11.2 Å². The van der Waals surface area contributed by atoms with Crippen molar-refractivity contribution >= 4 is 29.0 Å². The van der Waals surface area contributed by atoms with Crippen LogP contribution in [0, 0.1) is 6.92 Å². The van der Waals surface area contributed by atoms with E-state index in [2.05, 4.69) is 13.0 Å². The molecule has 1 heterocycles. The molecule has 140 valence electrons. The molecule has 5 heteroatoms. The zero-order valence-electron chi connectivity index (χ0n) is 16.5. The first-order valence-electron chi connectivity index (χ1n) is 9.09. The van der Waals surface area contributed by atoms with Crippen molar-refractivity contribution in [1.82, 2.24) is 4.90 Å². The number of amides is 1. The van der Waals surface area contributed by atoms with Crippen molar-refractivity contribution in [2.24, 2.45) is 4.99 Å². The number of rotatable bonds is 4. The predicted molar refractivity (Wildman–Crippen MR) is 111 cm³/mol. The Balaban J connectivity index is 2.73. The van der Waals surface area contributed by atoms with Crippen molar-refractivity contribution in [3.63, 3.8) is 0 Å².